The standard InChI is InChI=1S/C23H28N2O2/c1-27-22-14-5-4-10-18(22)16-19-11-6-12-20(24-19)21-13-7-15-25(21)23(26)17-8-2-3-9-17/h4-6,10-12,14,17,21H,2-3,7-9,13,15-16H2,1H3/t21-/m1/s1. The van der Waals surface area contributed by atoms with Gasteiger partial charge < -0.3 is 9.64 Å². The molecule has 27 heavy (non-hydrogen) atoms. The second-order valence-corrected chi connectivity index (χ2v) is 7.71. The summed E-state index contributed by atoms with van der Waals surface area (Å²) in [5.74, 6) is 1.48. The zero-order chi connectivity index (χ0) is 18.6. The van der Waals surface area contributed by atoms with E-state index >= 15 is 0 Å². The zero-order valence-electron chi connectivity index (χ0n) is 16.1. The Balaban J connectivity index is 1.53. The summed E-state index contributed by atoms with van der Waals surface area (Å²) in [6.45, 7) is 0.873. The molecule has 0 spiro atoms. The highest BCUT2D eigenvalue weighted by atomic mass is 16.5. The molecule has 1 aromatic heterocycles. The predicted molar refractivity (Wildman–Crippen MR) is 106 cm³/mol. The SMILES string of the molecule is COc1ccccc1Cc1cccc([C@H]2CCCN2C(=O)C2CCCC2)n1. The van der Waals surface area contributed by atoms with Gasteiger partial charge in [0.2, 0.25) is 5.91 Å². The van der Waals surface area contributed by atoms with Gasteiger partial charge in [0, 0.05) is 30.1 Å². The molecule has 1 aliphatic heterocycles. The van der Waals surface area contributed by atoms with Gasteiger partial charge in [0.05, 0.1) is 18.8 Å². The van der Waals surface area contributed by atoms with Gasteiger partial charge in [-0.1, -0.05) is 37.1 Å². The third-order valence-corrected chi connectivity index (χ3v) is 5.97. The first-order valence-electron chi connectivity index (χ1n) is 10.1. The number of nitrogens with zero attached hydrogens (tertiary/aromatic N) is 2. The van der Waals surface area contributed by atoms with Crippen LogP contribution in [0, 0.1) is 5.92 Å². The average molecular weight is 364 g/mol. The number of amides is 1. The van der Waals surface area contributed by atoms with Crippen LogP contribution in [0.3, 0.4) is 0 Å². The van der Waals surface area contributed by atoms with Gasteiger partial charge in [-0.05, 0) is 43.9 Å². The Kier molecular flexibility index (Phi) is 5.42. The number of pyridine rings is 1. The Morgan fingerprint density at radius 3 is 2.70 bits per heavy atom. The van der Waals surface area contributed by atoms with Crippen LogP contribution in [0.1, 0.15) is 61.5 Å². The van der Waals surface area contributed by atoms with Crippen molar-refractivity contribution >= 4 is 5.91 Å². The van der Waals surface area contributed by atoms with Crippen molar-refractivity contribution in [2.24, 2.45) is 5.92 Å². The number of carbonyl (C=O) groups is 1. The number of benzene rings is 1. The molecule has 4 heteroatoms. The molecule has 0 bridgehead atoms. The van der Waals surface area contributed by atoms with E-state index in [1.165, 1.54) is 12.8 Å². The number of para-hydroxylation sites is 1. The monoisotopic (exact) mass is 364 g/mol. The van der Waals surface area contributed by atoms with Gasteiger partial charge in [-0.2, -0.15) is 0 Å². The molecule has 1 atom stereocenters. The third kappa shape index (κ3) is 3.85. The van der Waals surface area contributed by atoms with Crippen LogP contribution < -0.4 is 4.74 Å². The fourth-order valence-corrected chi connectivity index (χ4v) is 4.57. The number of methoxy groups -OCH3 is 1. The van der Waals surface area contributed by atoms with Crippen molar-refractivity contribution in [3.05, 3.63) is 59.4 Å². The van der Waals surface area contributed by atoms with E-state index in [9.17, 15) is 4.79 Å². The van der Waals surface area contributed by atoms with E-state index < -0.39 is 0 Å². The van der Waals surface area contributed by atoms with Gasteiger partial charge in [0.15, 0.2) is 0 Å². The van der Waals surface area contributed by atoms with Crippen LogP contribution in [-0.2, 0) is 11.2 Å². The lowest BCUT2D eigenvalue weighted by Crippen LogP contribution is -2.35. The van der Waals surface area contributed by atoms with Crippen molar-refractivity contribution < 1.29 is 9.53 Å². The minimum atomic E-state index is 0.135. The Hall–Kier alpha value is -2.36. The van der Waals surface area contributed by atoms with Gasteiger partial charge >= 0.3 is 0 Å². The topological polar surface area (TPSA) is 42.4 Å². The number of rotatable bonds is 5. The van der Waals surface area contributed by atoms with E-state index in [0.717, 1.165) is 61.3 Å². The maximum absolute atomic E-state index is 13.0. The van der Waals surface area contributed by atoms with Crippen LogP contribution in [0.15, 0.2) is 42.5 Å². The Morgan fingerprint density at radius 2 is 1.89 bits per heavy atom. The highest BCUT2D eigenvalue weighted by Crippen LogP contribution is 2.35. The zero-order valence-corrected chi connectivity index (χ0v) is 16.1. The van der Waals surface area contributed by atoms with E-state index in [-0.39, 0.29) is 12.0 Å². The first-order valence-corrected chi connectivity index (χ1v) is 10.1. The number of likely N-dealkylation sites (tertiary alicyclic amines) is 1. The predicted octanol–water partition coefficient (Wildman–Crippen LogP) is 4.53. The number of aromatic nitrogens is 1. The van der Waals surface area contributed by atoms with E-state index in [2.05, 4.69) is 29.2 Å². The van der Waals surface area contributed by atoms with Crippen LogP contribution >= 0.6 is 0 Å². The number of ether oxygens (including phenoxy) is 1. The summed E-state index contributed by atoms with van der Waals surface area (Å²) in [5, 5.41) is 0. The molecule has 1 aliphatic carbocycles. The Labute approximate surface area is 161 Å². The number of hydrogen-bond acceptors (Lipinski definition) is 3. The maximum atomic E-state index is 13.0. The van der Waals surface area contributed by atoms with Gasteiger partial charge in [0.25, 0.3) is 0 Å². The molecule has 2 aromatic rings. The molecule has 0 unspecified atom stereocenters. The molecule has 4 nitrogen and oxygen atoms in total. The van der Waals surface area contributed by atoms with Crippen LogP contribution in [0.25, 0.3) is 0 Å². The molecule has 142 valence electrons. The molecule has 1 aromatic carbocycles. The smallest absolute Gasteiger partial charge is 0.226 e. The Morgan fingerprint density at radius 1 is 1.07 bits per heavy atom. The summed E-state index contributed by atoms with van der Waals surface area (Å²) < 4.78 is 5.47. The molecule has 0 N–H and O–H groups in total. The van der Waals surface area contributed by atoms with Gasteiger partial charge in [-0.3, -0.25) is 9.78 Å². The average Bonchev–Trinajstić information content (AvgIpc) is 3.40. The minimum absolute atomic E-state index is 0.135. The summed E-state index contributed by atoms with van der Waals surface area (Å²) in [6.07, 6.45) is 7.34. The molecule has 4 rings (SSSR count). The summed E-state index contributed by atoms with van der Waals surface area (Å²) in [7, 11) is 1.70. The van der Waals surface area contributed by atoms with Crippen LogP contribution in [-0.4, -0.2) is 29.4 Å². The van der Waals surface area contributed by atoms with Crippen molar-refractivity contribution in [3.8, 4) is 5.75 Å². The highest BCUT2D eigenvalue weighted by molar-refractivity contribution is 5.79. The van der Waals surface area contributed by atoms with E-state index in [0.29, 0.717) is 5.91 Å². The van der Waals surface area contributed by atoms with Crippen molar-refractivity contribution in [3.63, 3.8) is 0 Å². The summed E-state index contributed by atoms with van der Waals surface area (Å²) in [5.41, 5.74) is 3.19. The second-order valence-electron chi connectivity index (χ2n) is 7.71. The van der Waals surface area contributed by atoms with E-state index in [1.54, 1.807) is 7.11 Å². The van der Waals surface area contributed by atoms with Crippen molar-refractivity contribution in [2.45, 2.75) is 51.0 Å². The van der Waals surface area contributed by atoms with Crippen LogP contribution in [0.4, 0.5) is 0 Å². The largest absolute Gasteiger partial charge is 0.496 e. The molecule has 2 aliphatic rings. The molecule has 1 amide bonds. The molecule has 1 saturated carbocycles. The first kappa shape index (κ1) is 18.0. The molecular formula is C23H28N2O2. The van der Waals surface area contributed by atoms with Gasteiger partial charge in [-0.25, -0.2) is 0 Å². The minimum Gasteiger partial charge on any atom is -0.496 e. The Bertz CT molecular complexity index is 798. The summed E-state index contributed by atoms with van der Waals surface area (Å²) in [6, 6.07) is 14.4. The summed E-state index contributed by atoms with van der Waals surface area (Å²) >= 11 is 0. The van der Waals surface area contributed by atoms with Gasteiger partial charge in [-0.15, -0.1) is 0 Å². The quantitative estimate of drug-likeness (QED) is 0.782. The highest BCUT2D eigenvalue weighted by Gasteiger charge is 2.35. The normalized spacial score (nSPS) is 20.2. The van der Waals surface area contributed by atoms with Crippen molar-refractivity contribution in [1.82, 2.24) is 9.88 Å². The number of carbonyl (C=O) groups excluding carboxylic acids is 1. The summed E-state index contributed by atoms with van der Waals surface area (Å²) in [4.78, 5) is 20.0. The molecule has 2 heterocycles. The lowest BCUT2D eigenvalue weighted by Gasteiger charge is -2.27. The van der Waals surface area contributed by atoms with Crippen molar-refractivity contribution in [2.75, 3.05) is 13.7 Å². The molecule has 2 fully saturated rings. The maximum Gasteiger partial charge on any atom is 0.226 e. The third-order valence-electron chi connectivity index (χ3n) is 5.97. The number of hydrogen-bond donors (Lipinski definition) is 0. The fourth-order valence-electron chi connectivity index (χ4n) is 4.57. The van der Waals surface area contributed by atoms with Crippen LogP contribution in [0.2, 0.25) is 0 Å². The lowest BCUT2D eigenvalue weighted by molar-refractivity contribution is -0.136. The van der Waals surface area contributed by atoms with Crippen LogP contribution in [0.5, 0.6) is 5.75 Å². The van der Waals surface area contributed by atoms with Crippen molar-refractivity contribution in [1.29, 1.82) is 0 Å². The molecular weight excluding hydrogens is 336 g/mol. The van der Waals surface area contributed by atoms with E-state index in [1.807, 2.05) is 18.2 Å². The van der Waals surface area contributed by atoms with Gasteiger partial charge in [0.1, 0.15) is 5.75 Å². The second kappa shape index (κ2) is 8.12. The molecule has 0 radical (unpaired) electrons. The van der Waals surface area contributed by atoms with E-state index in [4.69, 9.17) is 9.72 Å². The fraction of sp³-hybridized carbons (Fsp3) is 0.478. The molecule has 1 saturated heterocycles. The first-order chi connectivity index (χ1) is 13.3. The lowest BCUT2D eigenvalue weighted by atomic mass is 10.0.